The van der Waals surface area contributed by atoms with Gasteiger partial charge in [-0.15, -0.1) is 12.4 Å². The average molecular weight is 233 g/mol. The summed E-state index contributed by atoms with van der Waals surface area (Å²) in [7, 11) is 1.67. The van der Waals surface area contributed by atoms with Crippen LogP contribution in [-0.2, 0) is 11.3 Å². The molecule has 0 saturated carbocycles. The second-order valence-corrected chi connectivity index (χ2v) is 3.08. The molecule has 0 aliphatic carbocycles. The molecule has 5 heteroatoms. The van der Waals surface area contributed by atoms with Crippen LogP contribution in [0.3, 0.4) is 0 Å². The highest BCUT2D eigenvalue weighted by molar-refractivity contribution is 5.85. The summed E-state index contributed by atoms with van der Waals surface area (Å²) in [6.45, 7) is 0.452. The lowest BCUT2D eigenvalue weighted by Gasteiger charge is -2.15. The fourth-order valence-corrected chi connectivity index (χ4v) is 1.11. The zero-order chi connectivity index (χ0) is 10.6. The number of benzene rings is 1. The van der Waals surface area contributed by atoms with E-state index in [1.807, 2.05) is 0 Å². The van der Waals surface area contributed by atoms with E-state index in [0.29, 0.717) is 6.54 Å². The first kappa shape index (κ1) is 13.9. The van der Waals surface area contributed by atoms with Gasteiger partial charge in [-0.05, 0) is 17.7 Å². The molecule has 0 radical (unpaired) electrons. The minimum atomic E-state index is -0.276. The average Bonchev–Trinajstić information content (AvgIpc) is 2.20. The third-order valence-corrected chi connectivity index (χ3v) is 1.93. The number of rotatable bonds is 3. The third-order valence-electron chi connectivity index (χ3n) is 1.93. The number of likely N-dealkylation sites (N-methyl/N-ethyl adjacent to an activating group) is 1. The Bertz CT molecular complexity index is 316. The standard InChI is InChI=1S/C10H13FN2O.ClH/c1-13(10(14)6-12)7-8-2-4-9(11)5-3-8;/h2-5H,6-7,12H2,1H3;1H. The van der Waals surface area contributed by atoms with Crippen LogP contribution < -0.4 is 5.73 Å². The minimum absolute atomic E-state index is 0. The molecule has 0 unspecified atom stereocenters. The molecule has 0 heterocycles. The molecule has 0 atom stereocenters. The lowest BCUT2D eigenvalue weighted by molar-refractivity contribution is -0.128. The maximum Gasteiger partial charge on any atom is 0.236 e. The van der Waals surface area contributed by atoms with Crippen molar-refractivity contribution >= 4 is 18.3 Å². The Morgan fingerprint density at radius 3 is 2.40 bits per heavy atom. The summed E-state index contributed by atoms with van der Waals surface area (Å²) in [6, 6.07) is 6.04. The van der Waals surface area contributed by atoms with Gasteiger partial charge in [0.2, 0.25) is 5.91 Å². The Kier molecular flexibility index (Phi) is 5.89. The Morgan fingerprint density at radius 1 is 1.40 bits per heavy atom. The molecule has 84 valence electrons. The van der Waals surface area contributed by atoms with Crippen molar-refractivity contribution in [2.24, 2.45) is 5.73 Å². The van der Waals surface area contributed by atoms with Crippen molar-refractivity contribution in [3.8, 4) is 0 Å². The van der Waals surface area contributed by atoms with Crippen LogP contribution in [0, 0.1) is 5.82 Å². The number of carbonyl (C=O) groups excluding carboxylic acids is 1. The monoisotopic (exact) mass is 232 g/mol. The van der Waals surface area contributed by atoms with E-state index in [-0.39, 0.29) is 30.7 Å². The van der Waals surface area contributed by atoms with E-state index in [1.54, 1.807) is 19.2 Å². The molecule has 15 heavy (non-hydrogen) atoms. The highest BCUT2D eigenvalue weighted by Crippen LogP contribution is 2.05. The number of amides is 1. The normalized spacial score (nSPS) is 9.27. The summed E-state index contributed by atoms with van der Waals surface area (Å²) in [4.78, 5) is 12.6. The van der Waals surface area contributed by atoms with Crippen LogP contribution in [0.2, 0.25) is 0 Å². The fourth-order valence-electron chi connectivity index (χ4n) is 1.11. The van der Waals surface area contributed by atoms with Crippen molar-refractivity contribution < 1.29 is 9.18 Å². The van der Waals surface area contributed by atoms with Gasteiger partial charge in [-0.3, -0.25) is 4.79 Å². The van der Waals surface area contributed by atoms with Gasteiger partial charge in [0.05, 0.1) is 6.54 Å². The number of carbonyl (C=O) groups is 1. The first-order valence-electron chi connectivity index (χ1n) is 4.32. The van der Waals surface area contributed by atoms with E-state index < -0.39 is 0 Å². The molecule has 0 aliphatic rings. The molecule has 1 amide bonds. The maximum absolute atomic E-state index is 12.5. The van der Waals surface area contributed by atoms with E-state index >= 15 is 0 Å². The van der Waals surface area contributed by atoms with Gasteiger partial charge in [0.25, 0.3) is 0 Å². The highest BCUT2D eigenvalue weighted by atomic mass is 35.5. The van der Waals surface area contributed by atoms with Crippen LogP contribution >= 0.6 is 12.4 Å². The number of hydrogen-bond donors (Lipinski definition) is 1. The molecule has 3 nitrogen and oxygen atoms in total. The van der Waals surface area contributed by atoms with Gasteiger partial charge in [-0.1, -0.05) is 12.1 Å². The molecule has 1 aromatic rings. The summed E-state index contributed by atoms with van der Waals surface area (Å²) in [5, 5.41) is 0. The summed E-state index contributed by atoms with van der Waals surface area (Å²) < 4.78 is 12.5. The van der Waals surface area contributed by atoms with Crippen LogP contribution in [0.15, 0.2) is 24.3 Å². The van der Waals surface area contributed by atoms with Gasteiger partial charge in [0.15, 0.2) is 0 Å². The largest absolute Gasteiger partial charge is 0.340 e. The molecular formula is C10H14ClFN2O. The second-order valence-electron chi connectivity index (χ2n) is 3.08. The zero-order valence-corrected chi connectivity index (χ0v) is 9.26. The van der Waals surface area contributed by atoms with Crippen LogP contribution in [0.4, 0.5) is 4.39 Å². The molecule has 0 aliphatic heterocycles. The summed E-state index contributed by atoms with van der Waals surface area (Å²) in [5.41, 5.74) is 6.08. The molecule has 0 aromatic heterocycles. The first-order chi connectivity index (χ1) is 6.63. The van der Waals surface area contributed by atoms with Crippen molar-refractivity contribution in [1.29, 1.82) is 0 Å². The van der Waals surface area contributed by atoms with E-state index in [1.165, 1.54) is 17.0 Å². The van der Waals surface area contributed by atoms with Gasteiger partial charge in [-0.25, -0.2) is 4.39 Å². The van der Waals surface area contributed by atoms with Crippen molar-refractivity contribution in [1.82, 2.24) is 4.90 Å². The molecule has 2 N–H and O–H groups in total. The molecule has 0 fully saturated rings. The van der Waals surface area contributed by atoms with Gasteiger partial charge in [0.1, 0.15) is 5.82 Å². The molecular weight excluding hydrogens is 219 g/mol. The van der Waals surface area contributed by atoms with Gasteiger partial charge in [-0.2, -0.15) is 0 Å². The van der Waals surface area contributed by atoms with Gasteiger partial charge in [0, 0.05) is 13.6 Å². The molecule has 1 rings (SSSR count). The predicted molar refractivity (Wildman–Crippen MR) is 59.2 cm³/mol. The molecule has 0 bridgehead atoms. The van der Waals surface area contributed by atoms with E-state index in [4.69, 9.17) is 5.73 Å². The lowest BCUT2D eigenvalue weighted by atomic mass is 10.2. The molecule has 0 saturated heterocycles. The first-order valence-corrected chi connectivity index (χ1v) is 4.32. The van der Waals surface area contributed by atoms with E-state index in [9.17, 15) is 9.18 Å². The lowest BCUT2D eigenvalue weighted by Crippen LogP contribution is -2.32. The molecule has 1 aromatic carbocycles. The molecule has 0 spiro atoms. The minimum Gasteiger partial charge on any atom is -0.340 e. The Balaban J connectivity index is 0.00000196. The number of hydrogen-bond acceptors (Lipinski definition) is 2. The van der Waals surface area contributed by atoms with Gasteiger partial charge < -0.3 is 10.6 Å². The highest BCUT2D eigenvalue weighted by Gasteiger charge is 2.06. The number of nitrogens with zero attached hydrogens (tertiary/aromatic N) is 1. The maximum atomic E-state index is 12.5. The van der Waals surface area contributed by atoms with Crippen molar-refractivity contribution in [3.63, 3.8) is 0 Å². The number of halogens is 2. The van der Waals surface area contributed by atoms with Crippen LogP contribution in [-0.4, -0.2) is 24.4 Å². The van der Waals surface area contributed by atoms with Crippen LogP contribution in [0.25, 0.3) is 0 Å². The second kappa shape index (κ2) is 6.37. The van der Waals surface area contributed by atoms with E-state index in [0.717, 1.165) is 5.56 Å². The Morgan fingerprint density at radius 2 is 1.93 bits per heavy atom. The van der Waals surface area contributed by atoms with Crippen molar-refractivity contribution in [2.45, 2.75) is 6.54 Å². The topological polar surface area (TPSA) is 46.3 Å². The Labute approximate surface area is 94.5 Å². The van der Waals surface area contributed by atoms with Crippen LogP contribution in [0.1, 0.15) is 5.56 Å². The zero-order valence-electron chi connectivity index (χ0n) is 8.44. The van der Waals surface area contributed by atoms with Crippen molar-refractivity contribution in [3.05, 3.63) is 35.6 Å². The quantitative estimate of drug-likeness (QED) is 0.850. The smallest absolute Gasteiger partial charge is 0.236 e. The number of nitrogens with two attached hydrogens (primary N) is 1. The summed E-state index contributed by atoms with van der Waals surface area (Å²) in [5.74, 6) is -0.407. The summed E-state index contributed by atoms with van der Waals surface area (Å²) >= 11 is 0. The Hall–Kier alpha value is -1.13. The predicted octanol–water partition coefficient (Wildman–Crippen LogP) is 1.16. The SMILES string of the molecule is CN(Cc1ccc(F)cc1)C(=O)CN.Cl. The van der Waals surface area contributed by atoms with Gasteiger partial charge >= 0.3 is 0 Å². The summed E-state index contributed by atoms with van der Waals surface area (Å²) in [6.07, 6.45) is 0. The third kappa shape index (κ3) is 4.27. The fraction of sp³-hybridized carbons (Fsp3) is 0.300. The van der Waals surface area contributed by atoms with E-state index in [2.05, 4.69) is 0 Å². The van der Waals surface area contributed by atoms with Crippen LogP contribution in [0.5, 0.6) is 0 Å². The van der Waals surface area contributed by atoms with Crippen molar-refractivity contribution in [2.75, 3.05) is 13.6 Å².